The normalized spacial score (nSPS) is 26.2. The molecule has 1 aromatic rings. The van der Waals surface area contributed by atoms with Crippen molar-refractivity contribution in [2.45, 2.75) is 26.7 Å². The van der Waals surface area contributed by atoms with E-state index in [0.29, 0.717) is 13.1 Å². The predicted octanol–water partition coefficient (Wildman–Crippen LogP) is 1.94. The van der Waals surface area contributed by atoms with Crippen LogP contribution in [0.3, 0.4) is 0 Å². The molecule has 23 heavy (non-hydrogen) atoms. The van der Waals surface area contributed by atoms with Crippen LogP contribution in [0.4, 0.5) is 5.69 Å². The summed E-state index contributed by atoms with van der Waals surface area (Å²) in [7, 11) is 0. The van der Waals surface area contributed by atoms with Crippen LogP contribution in [0.1, 0.15) is 26.7 Å². The fourth-order valence-corrected chi connectivity index (χ4v) is 3.35. The highest BCUT2D eigenvalue weighted by Crippen LogP contribution is 2.35. The van der Waals surface area contributed by atoms with E-state index in [1.807, 2.05) is 19.9 Å². The molecule has 0 aromatic heterocycles. The fourth-order valence-electron chi connectivity index (χ4n) is 3.35. The number of carbonyl (C=O) groups is 2. The lowest BCUT2D eigenvalue weighted by Crippen LogP contribution is -2.51. The van der Waals surface area contributed by atoms with Gasteiger partial charge in [0.25, 0.3) is 0 Å². The molecule has 1 aromatic carbocycles. The van der Waals surface area contributed by atoms with Crippen molar-refractivity contribution in [2.75, 3.05) is 37.7 Å². The van der Waals surface area contributed by atoms with Crippen molar-refractivity contribution in [3.63, 3.8) is 0 Å². The Labute approximate surface area is 137 Å². The van der Waals surface area contributed by atoms with Crippen molar-refractivity contribution >= 4 is 17.5 Å². The average molecular weight is 315 g/mol. The highest BCUT2D eigenvalue weighted by molar-refractivity contribution is 6.05. The van der Waals surface area contributed by atoms with Crippen LogP contribution in [0, 0.1) is 5.41 Å². The number of piperazine rings is 1. The Kier molecular flexibility index (Phi) is 4.39. The van der Waals surface area contributed by atoms with E-state index in [2.05, 4.69) is 34.1 Å². The standard InChI is InChI=1S/C18H25N3O2/c1-3-18(2)13-16(22)21(17(18)23)14-19-9-11-20(12-10-19)15-7-5-4-6-8-15/h4-8H,3,9-14H2,1-2H3. The number of amides is 2. The summed E-state index contributed by atoms with van der Waals surface area (Å²) in [6.45, 7) is 7.91. The molecule has 5 nitrogen and oxygen atoms in total. The lowest BCUT2D eigenvalue weighted by atomic mass is 9.86. The van der Waals surface area contributed by atoms with Crippen molar-refractivity contribution < 1.29 is 9.59 Å². The molecule has 0 N–H and O–H groups in total. The zero-order valence-corrected chi connectivity index (χ0v) is 14.0. The van der Waals surface area contributed by atoms with E-state index in [4.69, 9.17) is 0 Å². The topological polar surface area (TPSA) is 43.9 Å². The lowest BCUT2D eigenvalue weighted by molar-refractivity contribution is -0.143. The maximum atomic E-state index is 12.5. The molecule has 2 aliphatic rings. The quantitative estimate of drug-likeness (QED) is 0.797. The molecule has 2 saturated heterocycles. The number of rotatable bonds is 4. The summed E-state index contributed by atoms with van der Waals surface area (Å²) < 4.78 is 0. The Morgan fingerprint density at radius 2 is 1.70 bits per heavy atom. The zero-order valence-electron chi connectivity index (χ0n) is 14.0. The molecule has 1 unspecified atom stereocenters. The number of hydrogen-bond acceptors (Lipinski definition) is 4. The largest absolute Gasteiger partial charge is 0.369 e. The van der Waals surface area contributed by atoms with E-state index >= 15 is 0 Å². The summed E-state index contributed by atoms with van der Waals surface area (Å²) in [5.41, 5.74) is 0.738. The first kappa shape index (κ1) is 16.0. The summed E-state index contributed by atoms with van der Waals surface area (Å²) in [5, 5.41) is 0. The summed E-state index contributed by atoms with van der Waals surface area (Å²) in [6, 6.07) is 10.4. The van der Waals surface area contributed by atoms with E-state index in [9.17, 15) is 9.59 Å². The third-order valence-corrected chi connectivity index (χ3v) is 5.22. The minimum absolute atomic E-state index is 0.00418. The third-order valence-electron chi connectivity index (χ3n) is 5.22. The van der Waals surface area contributed by atoms with Crippen LogP contribution in [0.5, 0.6) is 0 Å². The molecule has 2 heterocycles. The first-order valence-electron chi connectivity index (χ1n) is 8.40. The second-order valence-corrected chi connectivity index (χ2v) is 6.80. The number of carbonyl (C=O) groups excluding carboxylic acids is 2. The van der Waals surface area contributed by atoms with Crippen LogP contribution in [0.25, 0.3) is 0 Å². The van der Waals surface area contributed by atoms with E-state index < -0.39 is 5.41 Å². The van der Waals surface area contributed by atoms with Crippen LogP contribution in [0.2, 0.25) is 0 Å². The summed E-state index contributed by atoms with van der Waals surface area (Å²) in [6.07, 6.45) is 1.07. The number of para-hydroxylation sites is 1. The van der Waals surface area contributed by atoms with Gasteiger partial charge in [-0.2, -0.15) is 0 Å². The Balaban J connectivity index is 1.57. The van der Waals surface area contributed by atoms with E-state index in [-0.39, 0.29) is 11.8 Å². The highest BCUT2D eigenvalue weighted by atomic mass is 16.2. The van der Waals surface area contributed by atoms with Gasteiger partial charge in [0, 0.05) is 38.3 Å². The maximum Gasteiger partial charge on any atom is 0.236 e. The maximum absolute atomic E-state index is 12.5. The Morgan fingerprint density at radius 3 is 2.26 bits per heavy atom. The van der Waals surface area contributed by atoms with Gasteiger partial charge in [-0.3, -0.25) is 19.4 Å². The van der Waals surface area contributed by atoms with Crippen molar-refractivity contribution in [1.82, 2.24) is 9.80 Å². The molecule has 2 fully saturated rings. The minimum atomic E-state index is -0.497. The number of benzene rings is 1. The van der Waals surface area contributed by atoms with Gasteiger partial charge in [-0.25, -0.2) is 0 Å². The molecule has 0 saturated carbocycles. The number of anilines is 1. The fraction of sp³-hybridized carbons (Fsp3) is 0.556. The molecule has 2 aliphatic heterocycles. The summed E-state index contributed by atoms with van der Waals surface area (Å²) in [5.74, 6) is -0.0275. The summed E-state index contributed by atoms with van der Waals surface area (Å²) in [4.78, 5) is 30.7. The first-order chi connectivity index (χ1) is 11.0. The van der Waals surface area contributed by atoms with Crippen LogP contribution in [0.15, 0.2) is 30.3 Å². The molecular weight excluding hydrogens is 290 g/mol. The van der Waals surface area contributed by atoms with E-state index in [0.717, 1.165) is 32.6 Å². The van der Waals surface area contributed by atoms with Gasteiger partial charge in [-0.1, -0.05) is 32.0 Å². The smallest absolute Gasteiger partial charge is 0.236 e. The predicted molar refractivity (Wildman–Crippen MR) is 90.0 cm³/mol. The van der Waals surface area contributed by atoms with Crippen molar-refractivity contribution in [1.29, 1.82) is 0 Å². The Morgan fingerprint density at radius 1 is 1.04 bits per heavy atom. The lowest BCUT2D eigenvalue weighted by Gasteiger charge is -2.37. The zero-order chi connectivity index (χ0) is 16.4. The molecular formula is C18H25N3O2. The van der Waals surface area contributed by atoms with Crippen LogP contribution < -0.4 is 4.90 Å². The second-order valence-electron chi connectivity index (χ2n) is 6.80. The third kappa shape index (κ3) is 3.11. The number of nitrogens with zero attached hydrogens (tertiary/aromatic N) is 3. The van der Waals surface area contributed by atoms with Gasteiger partial charge in [-0.15, -0.1) is 0 Å². The Bertz CT molecular complexity index is 581. The molecule has 0 aliphatic carbocycles. The average Bonchev–Trinajstić information content (AvgIpc) is 2.80. The minimum Gasteiger partial charge on any atom is -0.369 e. The van der Waals surface area contributed by atoms with Gasteiger partial charge in [-0.05, 0) is 18.6 Å². The van der Waals surface area contributed by atoms with E-state index in [1.54, 1.807) is 0 Å². The second kappa shape index (κ2) is 6.32. The van der Waals surface area contributed by atoms with Gasteiger partial charge < -0.3 is 4.90 Å². The van der Waals surface area contributed by atoms with Crippen LogP contribution in [-0.2, 0) is 9.59 Å². The van der Waals surface area contributed by atoms with Crippen molar-refractivity contribution in [2.24, 2.45) is 5.41 Å². The highest BCUT2D eigenvalue weighted by Gasteiger charge is 2.47. The van der Waals surface area contributed by atoms with Gasteiger partial charge in [0.05, 0.1) is 12.1 Å². The molecule has 2 amide bonds. The molecule has 5 heteroatoms. The monoisotopic (exact) mass is 315 g/mol. The van der Waals surface area contributed by atoms with Crippen molar-refractivity contribution in [3.8, 4) is 0 Å². The Hall–Kier alpha value is -1.88. The molecule has 3 rings (SSSR count). The van der Waals surface area contributed by atoms with Crippen LogP contribution >= 0.6 is 0 Å². The van der Waals surface area contributed by atoms with E-state index in [1.165, 1.54) is 10.6 Å². The molecule has 124 valence electrons. The summed E-state index contributed by atoms with van der Waals surface area (Å²) >= 11 is 0. The molecule has 0 spiro atoms. The van der Waals surface area contributed by atoms with Gasteiger partial charge in [0.1, 0.15) is 0 Å². The number of hydrogen-bond donors (Lipinski definition) is 0. The SMILES string of the molecule is CCC1(C)CC(=O)N(CN2CCN(c3ccccc3)CC2)C1=O. The number of imide groups is 1. The molecule has 0 radical (unpaired) electrons. The van der Waals surface area contributed by atoms with Crippen LogP contribution in [-0.4, -0.2) is 54.5 Å². The van der Waals surface area contributed by atoms with Gasteiger partial charge >= 0.3 is 0 Å². The number of likely N-dealkylation sites (tertiary alicyclic amines) is 1. The first-order valence-corrected chi connectivity index (χ1v) is 8.40. The van der Waals surface area contributed by atoms with Gasteiger partial charge in [0.15, 0.2) is 0 Å². The molecule has 0 bridgehead atoms. The molecule has 1 atom stereocenters. The van der Waals surface area contributed by atoms with Gasteiger partial charge in [0.2, 0.25) is 11.8 Å². The van der Waals surface area contributed by atoms with Crippen molar-refractivity contribution in [3.05, 3.63) is 30.3 Å².